The molecule has 0 spiro atoms. The van der Waals surface area contributed by atoms with E-state index in [1.165, 1.54) is 22.7 Å². The lowest BCUT2D eigenvalue weighted by atomic mass is 10.4. The second-order valence-electron chi connectivity index (χ2n) is 9.92. The predicted octanol–water partition coefficient (Wildman–Crippen LogP) is 0.367. The van der Waals surface area contributed by atoms with Crippen molar-refractivity contribution in [3.05, 3.63) is 42.9 Å². The summed E-state index contributed by atoms with van der Waals surface area (Å²) < 4.78 is 0. The van der Waals surface area contributed by atoms with Gasteiger partial charge in [-0.15, -0.1) is 45.3 Å². The standard InChI is InChI=1S/C28H42N12O2S4/c29-3-7-33-11-13-35-25(41)19-15-45-27(39-19)21-17-43-23(37-21)1-5-31-9-10-32-6-2-24-38-22(18-44-24)28-40-20(16-46-28)26(42)36-14-12-34-8-4-30/h15-18,31-34H,1-14,29-30H2,(H,35,41)(H,36,42). The fourth-order valence-corrected chi connectivity index (χ4v) is 7.25. The molecule has 0 aliphatic carbocycles. The summed E-state index contributed by atoms with van der Waals surface area (Å²) in [4.78, 5) is 43.0. The summed E-state index contributed by atoms with van der Waals surface area (Å²) in [6, 6.07) is 0. The Balaban J connectivity index is 1.06. The van der Waals surface area contributed by atoms with E-state index in [1.807, 2.05) is 10.8 Å². The highest BCUT2D eigenvalue weighted by molar-refractivity contribution is 7.14. The number of carbonyl (C=O) groups excluding carboxylic acids is 2. The van der Waals surface area contributed by atoms with Crippen molar-refractivity contribution in [1.29, 1.82) is 0 Å². The molecule has 250 valence electrons. The van der Waals surface area contributed by atoms with E-state index in [-0.39, 0.29) is 11.8 Å². The lowest BCUT2D eigenvalue weighted by Gasteiger charge is -2.05. The summed E-state index contributed by atoms with van der Waals surface area (Å²) in [5, 5.41) is 30.0. The number of carbonyl (C=O) groups is 2. The van der Waals surface area contributed by atoms with Gasteiger partial charge in [-0.2, -0.15) is 0 Å². The first kappa shape index (κ1) is 36.1. The van der Waals surface area contributed by atoms with Gasteiger partial charge < -0.3 is 43.4 Å². The Labute approximate surface area is 284 Å². The third kappa shape index (κ3) is 12.1. The molecule has 10 N–H and O–H groups in total. The van der Waals surface area contributed by atoms with Gasteiger partial charge in [0.1, 0.15) is 32.8 Å². The van der Waals surface area contributed by atoms with Crippen LogP contribution in [0.15, 0.2) is 21.5 Å². The van der Waals surface area contributed by atoms with Gasteiger partial charge >= 0.3 is 0 Å². The second kappa shape index (κ2) is 20.5. The second-order valence-corrected chi connectivity index (χ2v) is 13.5. The Morgan fingerprint density at radius 3 is 1.37 bits per heavy atom. The Hall–Kier alpha value is -2.78. The molecule has 0 unspecified atom stereocenters. The lowest BCUT2D eigenvalue weighted by Crippen LogP contribution is -2.33. The normalized spacial score (nSPS) is 11.3. The van der Waals surface area contributed by atoms with E-state index < -0.39 is 0 Å². The van der Waals surface area contributed by atoms with Crippen molar-refractivity contribution in [2.75, 3.05) is 78.5 Å². The average molecular weight is 707 g/mol. The van der Waals surface area contributed by atoms with E-state index in [4.69, 9.17) is 21.4 Å². The van der Waals surface area contributed by atoms with Crippen molar-refractivity contribution >= 4 is 57.2 Å². The van der Waals surface area contributed by atoms with Gasteiger partial charge in [0, 0.05) is 113 Å². The Kier molecular flexibility index (Phi) is 16.0. The van der Waals surface area contributed by atoms with Crippen molar-refractivity contribution in [2.45, 2.75) is 12.8 Å². The summed E-state index contributed by atoms with van der Waals surface area (Å²) in [5.41, 5.74) is 13.3. The molecule has 0 saturated heterocycles. The highest BCUT2D eigenvalue weighted by Gasteiger charge is 2.15. The Bertz CT molecular complexity index is 1360. The third-order valence-electron chi connectivity index (χ3n) is 6.34. The number of hydrogen-bond donors (Lipinski definition) is 8. The zero-order chi connectivity index (χ0) is 32.4. The lowest BCUT2D eigenvalue weighted by molar-refractivity contribution is 0.0941. The van der Waals surface area contributed by atoms with Crippen molar-refractivity contribution in [3.63, 3.8) is 0 Å². The van der Waals surface area contributed by atoms with E-state index in [1.54, 1.807) is 33.4 Å². The highest BCUT2D eigenvalue weighted by Crippen LogP contribution is 2.26. The molecule has 0 saturated carbocycles. The molecular weight excluding hydrogens is 665 g/mol. The van der Waals surface area contributed by atoms with Crippen molar-refractivity contribution < 1.29 is 9.59 Å². The monoisotopic (exact) mass is 706 g/mol. The zero-order valence-electron chi connectivity index (χ0n) is 25.6. The summed E-state index contributed by atoms with van der Waals surface area (Å²) in [5.74, 6) is -0.366. The number of nitrogens with two attached hydrogens (primary N) is 2. The van der Waals surface area contributed by atoms with Crippen LogP contribution in [0.5, 0.6) is 0 Å². The highest BCUT2D eigenvalue weighted by atomic mass is 32.1. The van der Waals surface area contributed by atoms with Gasteiger partial charge in [-0.3, -0.25) is 9.59 Å². The number of nitrogens with one attached hydrogen (secondary N) is 6. The zero-order valence-corrected chi connectivity index (χ0v) is 28.9. The van der Waals surface area contributed by atoms with E-state index in [9.17, 15) is 9.59 Å². The number of nitrogens with zero attached hydrogens (tertiary/aromatic N) is 4. The van der Waals surface area contributed by atoms with Crippen LogP contribution in [0.1, 0.15) is 31.0 Å². The third-order valence-corrected chi connectivity index (χ3v) is 9.89. The van der Waals surface area contributed by atoms with Gasteiger partial charge in [0.15, 0.2) is 0 Å². The van der Waals surface area contributed by atoms with Crippen molar-refractivity contribution in [3.8, 4) is 21.4 Å². The molecule has 14 nitrogen and oxygen atoms in total. The van der Waals surface area contributed by atoms with Crippen LogP contribution >= 0.6 is 45.3 Å². The number of hydrogen-bond acceptors (Lipinski definition) is 16. The molecule has 0 atom stereocenters. The van der Waals surface area contributed by atoms with E-state index >= 15 is 0 Å². The maximum Gasteiger partial charge on any atom is 0.270 e. The minimum atomic E-state index is -0.183. The SMILES string of the molecule is NCCNCCNC(=O)c1csc(-c2csc(CCNCCNCCc3nc(-c4nc(C(=O)NCCNCCN)cs4)cs3)n2)n1. The molecule has 0 radical (unpaired) electrons. The van der Waals surface area contributed by atoms with Gasteiger partial charge in [-0.05, 0) is 0 Å². The van der Waals surface area contributed by atoms with Crippen LogP contribution in [0.2, 0.25) is 0 Å². The van der Waals surface area contributed by atoms with E-state index in [0.717, 1.165) is 83.5 Å². The fraction of sp³-hybridized carbons (Fsp3) is 0.500. The first-order chi connectivity index (χ1) is 22.6. The minimum absolute atomic E-state index is 0.183. The van der Waals surface area contributed by atoms with Crippen LogP contribution in [0, 0.1) is 0 Å². The predicted molar refractivity (Wildman–Crippen MR) is 188 cm³/mol. The van der Waals surface area contributed by atoms with Crippen LogP contribution in [-0.4, -0.2) is 110 Å². The summed E-state index contributed by atoms with van der Waals surface area (Å²) in [6.45, 7) is 8.32. The molecule has 0 aromatic carbocycles. The first-order valence-corrected chi connectivity index (χ1v) is 18.7. The number of amides is 2. The van der Waals surface area contributed by atoms with Crippen molar-refractivity contribution in [1.82, 2.24) is 51.8 Å². The molecule has 4 aromatic rings. The first-order valence-electron chi connectivity index (χ1n) is 15.2. The van der Waals surface area contributed by atoms with Gasteiger partial charge in [-0.1, -0.05) is 0 Å². The maximum absolute atomic E-state index is 12.3. The topological polar surface area (TPSA) is 210 Å². The van der Waals surface area contributed by atoms with Crippen LogP contribution in [0.4, 0.5) is 0 Å². The van der Waals surface area contributed by atoms with Crippen LogP contribution in [0.3, 0.4) is 0 Å². The average Bonchev–Trinajstić information content (AvgIpc) is 3.89. The molecule has 0 bridgehead atoms. The molecule has 4 aromatic heterocycles. The van der Waals surface area contributed by atoms with Gasteiger partial charge in [-0.25, -0.2) is 19.9 Å². The molecule has 4 heterocycles. The van der Waals surface area contributed by atoms with Gasteiger partial charge in [0.25, 0.3) is 11.8 Å². The summed E-state index contributed by atoms with van der Waals surface area (Å²) in [6.07, 6.45) is 1.65. The van der Waals surface area contributed by atoms with E-state index in [0.29, 0.717) is 50.7 Å². The fourth-order valence-electron chi connectivity index (χ4n) is 4.02. The van der Waals surface area contributed by atoms with Crippen LogP contribution < -0.4 is 43.4 Å². The molecule has 0 aliphatic heterocycles. The van der Waals surface area contributed by atoms with Gasteiger partial charge in [0.05, 0.1) is 10.0 Å². The quantitative estimate of drug-likeness (QED) is 0.0492. The van der Waals surface area contributed by atoms with Crippen LogP contribution in [0.25, 0.3) is 21.4 Å². The Morgan fingerprint density at radius 1 is 0.522 bits per heavy atom. The van der Waals surface area contributed by atoms with E-state index in [2.05, 4.69) is 41.9 Å². The molecule has 18 heteroatoms. The molecule has 0 fully saturated rings. The van der Waals surface area contributed by atoms with Gasteiger partial charge in [0.2, 0.25) is 0 Å². The number of thiazole rings is 4. The summed E-state index contributed by atoms with van der Waals surface area (Å²) >= 11 is 6.07. The molecule has 0 aliphatic rings. The minimum Gasteiger partial charge on any atom is -0.349 e. The van der Waals surface area contributed by atoms with Crippen molar-refractivity contribution in [2.24, 2.45) is 11.5 Å². The maximum atomic E-state index is 12.3. The largest absolute Gasteiger partial charge is 0.349 e. The molecule has 4 rings (SSSR count). The molecular formula is C28H42N12O2S4. The summed E-state index contributed by atoms with van der Waals surface area (Å²) in [7, 11) is 0. The van der Waals surface area contributed by atoms with Crippen LogP contribution in [-0.2, 0) is 12.8 Å². The molecule has 2 amide bonds. The molecule has 46 heavy (non-hydrogen) atoms. The smallest absolute Gasteiger partial charge is 0.270 e. The number of rotatable bonds is 23. The Morgan fingerprint density at radius 2 is 0.935 bits per heavy atom. The number of aromatic nitrogens is 4.